The van der Waals surface area contributed by atoms with Crippen LogP contribution in [0.3, 0.4) is 0 Å². The second-order valence-corrected chi connectivity index (χ2v) is 5.65. The van der Waals surface area contributed by atoms with Crippen molar-refractivity contribution in [3.8, 4) is 27.6 Å². The number of aromatic hydroxyl groups is 1. The summed E-state index contributed by atoms with van der Waals surface area (Å²) >= 11 is 1.49. The van der Waals surface area contributed by atoms with Crippen LogP contribution < -0.4 is 0 Å². The summed E-state index contributed by atoms with van der Waals surface area (Å²) in [6, 6.07) is 13.5. The summed E-state index contributed by atoms with van der Waals surface area (Å²) in [6.45, 7) is 1.95. The SMILES string of the molecule is Cc1sc(-c2ccccc2O)nc1-c1cccc(F)c1. The standard InChI is InChI=1S/C16H12FNOS/c1-10-15(11-5-4-6-12(17)9-11)18-16(20-10)13-7-2-3-8-14(13)19/h2-9,19H,1H3. The number of benzene rings is 2. The van der Waals surface area contributed by atoms with Gasteiger partial charge in [-0.05, 0) is 31.2 Å². The fourth-order valence-electron chi connectivity index (χ4n) is 2.07. The highest BCUT2D eigenvalue weighted by Gasteiger charge is 2.13. The molecule has 0 saturated carbocycles. The van der Waals surface area contributed by atoms with Gasteiger partial charge in [0.1, 0.15) is 16.6 Å². The number of aryl methyl sites for hydroxylation is 1. The van der Waals surface area contributed by atoms with Gasteiger partial charge < -0.3 is 5.11 Å². The van der Waals surface area contributed by atoms with Crippen LogP contribution in [0.4, 0.5) is 4.39 Å². The van der Waals surface area contributed by atoms with E-state index < -0.39 is 0 Å². The Morgan fingerprint density at radius 3 is 2.65 bits per heavy atom. The molecule has 0 atom stereocenters. The molecule has 0 saturated heterocycles. The van der Waals surface area contributed by atoms with Gasteiger partial charge in [0.15, 0.2) is 0 Å². The molecule has 0 fully saturated rings. The summed E-state index contributed by atoms with van der Waals surface area (Å²) < 4.78 is 13.3. The number of hydrogen-bond acceptors (Lipinski definition) is 3. The van der Waals surface area contributed by atoms with Gasteiger partial charge in [-0.15, -0.1) is 11.3 Å². The van der Waals surface area contributed by atoms with Crippen LogP contribution in [0.25, 0.3) is 21.8 Å². The third kappa shape index (κ3) is 2.30. The fraction of sp³-hybridized carbons (Fsp3) is 0.0625. The Morgan fingerprint density at radius 1 is 1.10 bits per heavy atom. The average Bonchev–Trinajstić information content (AvgIpc) is 2.81. The van der Waals surface area contributed by atoms with E-state index >= 15 is 0 Å². The quantitative estimate of drug-likeness (QED) is 0.744. The van der Waals surface area contributed by atoms with Crippen LogP contribution in [0.2, 0.25) is 0 Å². The number of aromatic nitrogens is 1. The minimum atomic E-state index is -0.279. The normalized spacial score (nSPS) is 10.7. The Kier molecular flexibility index (Phi) is 3.24. The summed E-state index contributed by atoms with van der Waals surface area (Å²) in [6.07, 6.45) is 0. The number of thiazole rings is 1. The molecule has 1 N–H and O–H groups in total. The maximum absolute atomic E-state index is 13.3. The molecule has 4 heteroatoms. The van der Waals surface area contributed by atoms with Crippen LogP contribution in [0, 0.1) is 12.7 Å². The molecule has 2 aromatic carbocycles. The van der Waals surface area contributed by atoms with Crippen molar-refractivity contribution >= 4 is 11.3 Å². The van der Waals surface area contributed by atoms with Crippen LogP contribution >= 0.6 is 11.3 Å². The number of phenolic OH excluding ortho intramolecular Hbond substituents is 1. The molecular weight excluding hydrogens is 273 g/mol. The van der Waals surface area contributed by atoms with Gasteiger partial charge in [0.2, 0.25) is 0 Å². The van der Waals surface area contributed by atoms with Crippen molar-refractivity contribution in [3.63, 3.8) is 0 Å². The largest absolute Gasteiger partial charge is 0.507 e. The second kappa shape index (κ2) is 5.06. The molecule has 0 amide bonds. The number of hydrogen-bond donors (Lipinski definition) is 1. The topological polar surface area (TPSA) is 33.1 Å². The van der Waals surface area contributed by atoms with Gasteiger partial charge in [0.25, 0.3) is 0 Å². The van der Waals surface area contributed by atoms with Crippen LogP contribution in [0.1, 0.15) is 4.88 Å². The third-order valence-corrected chi connectivity index (χ3v) is 4.03. The lowest BCUT2D eigenvalue weighted by molar-refractivity contribution is 0.477. The maximum Gasteiger partial charge on any atom is 0.128 e. The molecular formula is C16H12FNOS. The molecule has 100 valence electrons. The highest BCUT2D eigenvalue weighted by molar-refractivity contribution is 7.15. The van der Waals surface area contributed by atoms with Crippen molar-refractivity contribution in [3.05, 3.63) is 59.2 Å². The lowest BCUT2D eigenvalue weighted by Gasteiger charge is -2.00. The first kappa shape index (κ1) is 12.8. The van der Waals surface area contributed by atoms with Gasteiger partial charge in [-0.2, -0.15) is 0 Å². The molecule has 2 nitrogen and oxygen atoms in total. The van der Waals surface area contributed by atoms with E-state index in [1.54, 1.807) is 18.2 Å². The maximum atomic E-state index is 13.3. The van der Waals surface area contributed by atoms with Crippen molar-refractivity contribution in [1.82, 2.24) is 4.98 Å². The molecule has 3 aromatic rings. The molecule has 20 heavy (non-hydrogen) atoms. The van der Waals surface area contributed by atoms with Crippen LogP contribution in [-0.4, -0.2) is 10.1 Å². The van der Waals surface area contributed by atoms with Gasteiger partial charge in [-0.25, -0.2) is 9.37 Å². The predicted molar refractivity (Wildman–Crippen MR) is 79.3 cm³/mol. The summed E-state index contributed by atoms with van der Waals surface area (Å²) in [4.78, 5) is 5.54. The van der Waals surface area contributed by atoms with Crippen LogP contribution in [0.15, 0.2) is 48.5 Å². The Bertz CT molecular complexity index is 767. The predicted octanol–water partition coefficient (Wildman–Crippen LogP) is 4.63. The highest BCUT2D eigenvalue weighted by Crippen LogP contribution is 2.36. The third-order valence-electron chi connectivity index (χ3n) is 3.03. The number of rotatable bonds is 2. The first-order chi connectivity index (χ1) is 9.65. The fourth-order valence-corrected chi connectivity index (χ4v) is 3.04. The van der Waals surface area contributed by atoms with Gasteiger partial charge >= 0.3 is 0 Å². The lowest BCUT2D eigenvalue weighted by Crippen LogP contribution is -1.83. The number of phenols is 1. The Balaban J connectivity index is 2.10. The number of para-hydroxylation sites is 1. The molecule has 0 aliphatic heterocycles. The molecule has 1 aromatic heterocycles. The summed E-state index contributed by atoms with van der Waals surface area (Å²) in [5, 5.41) is 10.6. The Morgan fingerprint density at radius 2 is 1.90 bits per heavy atom. The van der Waals surface area contributed by atoms with Gasteiger partial charge in [0, 0.05) is 10.4 Å². The van der Waals surface area contributed by atoms with E-state index in [0.29, 0.717) is 5.56 Å². The summed E-state index contributed by atoms with van der Waals surface area (Å²) in [5.41, 5.74) is 2.21. The first-order valence-corrected chi connectivity index (χ1v) is 6.98. The highest BCUT2D eigenvalue weighted by atomic mass is 32.1. The van der Waals surface area contributed by atoms with E-state index in [1.165, 1.54) is 23.5 Å². The monoisotopic (exact) mass is 285 g/mol. The smallest absolute Gasteiger partial charge is 0.128 e. The van der Waals surface area contributed by atoms with Crippen molar-refractivity contribution in [2.24, 2.45) is 0 Å². The lowest BCUT2D eigenvalue weighted by atomic mass is 10.1. The van der Waals surface area contributed by atoms with E-state index in [9.17, 15) is 9.50 Å². The number of nitrogens with zero attached hydrogens (tertiary/aromatic N) is 1. The van der Waals surface area contributed by atoms with Crippen molar-refractivity contribution in [2.45, 2.75) is 6.92 Å². The zero-order valence-electron chi connectivity index (χ0n) is 10.8. The van der Waals surface area contributed by atoms with E-state index in [4.69, 9.17) is 0 Å². The van der Waals surface area contributed by atoms with E-state index in [1.807, 2.05) is 25.1 Å². The molecule has 0 aliphatic carbocycles. The molecule has 0 aliphatic rings. The molecule has 0 bridgehead atoms. The Hall–Kier alpha value is -2.20. The second-order valence-electron chi connectivity index (χ2n) is 4.45. The van der Waals surface area contributed by atoms with Gasteiger partial charge in [-0.1, -0.05) is 24.3 Å². The minimum Gasteiger partial charge on any atom is -0.507 e. The van der Waals surface area contributed by atoms with E-state index in [2.05, 4.69) is 4.98 Å². The average molecular weight is 285 g/mol. The summed E-state index contributed by atoms with van der Waals surface area (Å²) in [7, 11) is 0. The molecule has 0 unspecified atom stereocenters. The summed E-state index contributed by atoms with van der Waals surface area (Å²) in [5.74, 6) is -0.0777. The van der Waals surface area contributed by atoms with E-state index in [0.717, 1.165) is 21.1 Å². The minimum absolute atomic E-state index is 0.201. The van der Waals surface area contributed by atoms with Crippen molar-refractivity contribution in [1.29, 1.82) is 0 Å². The van der Waals surface area contributed by atoms with Gasteiger partial charge in [-0.3, -0.25) is 0 Å². The molecule has 1 heterocycles. The van der Waals surface area contributed by atoms with Crippen LogP contribution in [-0.2, 0) is 0 Å². The first-order valence-electron chi connectivity index (χ1n) is 6.17. The van der Waals surface area contributed by atoms with E-state index in [-0.39, 0.29) is 11.6 Å². The zero-order chi connectivity index (χ0) is 14.1. The number of halogens is 1. The van der Waals surface area contributed by atoms with Crippen molar-refractivity contribution in [2.75, 3.05) is 0 Å². The molecule has 0 spiro atoms. The molecule has 3 rings (SSSR count). The van der Waals surface area contributed by atoms with Gasteiger partial charge in [0.05, 0.1) is 11.3 Å². The van der Waals surface area contributed by atoms with Crippen molar-refractivity contribution < 1.29 is 9.50 Å². The molecule has 0 radical (unpaired) electrons. The Labute approximate surface area is 120 Å². The zero-order valence-corrected chi connectivity index (χ0v) is 11.6. The van der Waals surface area contributed by atoms with Crippen LogP contribution in [0.5, 0.6) is 5.75 Å².